The molecule has 5 heteroatoms. The van der Waals surface area contributed by atoms with Crippen molar-refractivity contribution in [1.82, 2.24) is 14.7 Å². The van der Waals surface area contributed by atoms with Crippen LogP contribution in [0.5, 0.6) is 0 Å². The molecule has 1 N–H and O–H groups in total. The molecular formula is C17H21N3O2. The summed E-state index contributed by atoms with van der Waals surface area (Å²) >= 11 is 0. The minimum Gasteiger partial charge on any atom is -0.373 e. The molecule has 1 atom stereocenters. The first-order valence-corrected chi connectivity index (χ1v) is 8.05. The van der Waals surface area contributed by atoms with Gasteiger partial charge in [0.15, 0.2) is 5.69 Å². The fraction of sp³-hybridized carbons (Fsp3) is 0.529. The highest BCUT2D eigenvalue weighted by molar-refractivity contribution is 5.99. The molecule has 4 rings (SSSR count). The number of amides is 1. The van der Waals surface area contributed by atoms with Gasteiger partial charge >= 0.3 is 0 Å². The number of nitrogens with one attached hydrogen (secondary N) is 1. The first-order chi connectivity index (χ1) is 10.7. The van der Waals surface area contributed by atoms with Crippen LogP contribution in [-0.2, 0) is 4.74 Å². The zero-order chi connectivity index (χ0) is 15.2. The lowest BCUT2D eigenvalue weighted by Crippen LogP contribution is -2.40. The molecule has 0 spiro atoms. The maximum atomic E-state index is 12.6. The molecule has 0 radical (unpaired) electrons. The van der Waals surface area contributed by atoms with Crippen molar-refractivity contribution in [2.45, 2.75) is 44.1 Å². The number of fused-ring (bicyclic) bond motifs is 1. The summed E-state index contributed by atoms with van der Waals surface area (Å²) in [5.41, 5.74) is 1.19. The highest BCUT2D eigenvalue weighted by Gasteiger charge is 2.32. The van der Waals surface area contributed by atoms with Gasteiger partial charge in [0, 0.05) is 25.3 Å². The van der Waals surface area contributed by atoms with Crippen molar-refractivity contribution in [2.24, 2.45) is 0 Å². The third-order valence-corrected chi connectivity index (χ3v) is 4.66. The summed E-state index contributed by atoms with van der Waals surface area (Å²) in [5.74, 6) is 1.42. The molecule has 1 aliphatic carbocycles. The number of nitrogens with zero attached hydrogens (tertiary/aromatic N) is 2. The van der Waals surface area contributed by atoms with E-state index in [0.29, 0.717) is 18.2 Å². The quantitative estimate of drug-likeness (QED) is 0.944. The first kappa shape index (κ1) is 13.8. The zero-order valence-electron chi connectivity index (χ0n) is 12.8. The van der Waals surface area contributed by atoms with Crippen LogP contribution in [-0.4, -0.2) is 34.0 Å². The number of carbonyl (C=O) groups is 1. The van der Waals surface area contributed by atoms with Gasteiger partial charge in [0.25, 0.3) is 5.91 Å². The van der Waals surface area contributed by atoms with Gasteiger partial charge in [0.05, 0.1) is 11.1 Å². The second-order valence-electron chi connectivity index (χ2n) is 6.63. The third kappa shape index (κ3) is 2.39. The normalized spacial score (nSPS) is 24.8. The van der Waals surface area contributed by atoms with Crippen LogP contribution >= 0.6 is 0 Å². The molecule has 1 aliphatic heterocycles. The highest BCUT2D eigenvalue weighted by atomic mass is 16.5. The molecule has 3 heterocycles. The Balaban J connectivity index is 1.59. The predicted molar refractivity (Wildman–Crippen MR) is 83.1 cm³/mol. The summed E-state index contributed by atoms with van der Waals surface area (Å²) in [7, 11) is 0. The van der Waals surface area contributed by atoms with Gasteiger partial charge in [-0.15, -0.1) is 0 Å². The molecule has 22 heavy (non-hydrogen) atoms. The topological polar surface area (TPSA) is 55.6 Å². The van der Waals surface area contributed by atoms with Crippen molar-refractivity contribution in [3.63, 3.8) is 0 Å². The maximum Gasteiger partial charge on any atom is 0.272 e. The molecule has 1 saturated carbocycles. The second-order valence-corrected chi connectivity index (χ2v) is 6.63. The van der Waals surface area contributed by atoms with Gasteiger partial charge in [-0.05, 0) is 44.7 Å². The molecule has 2 aromatic rings. The molecule has 1 unspecified atom stereocenters. The lowest BCUT2D eigenvalue weighted by molar-refractivity contribution is 0.0205. The summed E-state index contributed by atoms with van der Waals surface area (Å²) in [5, 5.41) is 3.01. The van der Waals surface area contributed by atoms with Crippen LogP contribution in [0.1, 0.15) is 54.8 Å². The zero-order valence-corrected chi connectivity index (χ0v) is 12.8. The average Bonchev–Trinajstić information content (AvgIpc) is 3.16. The van der Waals surface area contributed by atoms with Crippen LogP contribution in [0.4, 0.5) is 0 Å². The van der Waals surface area contributed by atoms with E-state index >= 15 is 0 Å². The van der Waals surface area contributed by atoms with Crippen LogP contribution in [0.15, 0.2) is 24.4 Å². The molecular weight excluding hydrogens is 278 g/mol. The van der Waals surface area contributed by atoms with Crippen molar-refractivity contribution < 1.29 is 9.53 Å². The molecule has 0 aromatic carbocycles. The number of ether oxygens (including phenoxy) is 1. The molecule has 1 saturated heterocycles. The standard InChI is InChI=1S/C17H21N3O2/c1-17(8-4-10-22-17)11-18-16(21)14-13-5-2-3-9-20(13)15(19-14)12-6-7-12/h2-3,5,9,12H,4,6-8,10-11H2,1H3,(H,18,21). The van der Waals surface area contributed by atoms with E-state index in [1.165, 1.54) is 12.8 Å². The lowest BCUT2D eigenvalue weighted by atomic mass is 10.0. The van der Waals surface area contributed by atoms with Crippen molar-refractivity contribution in [3.05, 3.63) is 35.9 Å². The number of imidazole rings is 1. The van der Waals surface area contributed by atoms with Crippen molar-refractivity contribution in [1.29, 1.82) is 0 Å². The smallest absolute Gasteiger partial charge is 0.272 e. The summed E-state index contributed by atoms with van der Waals surface area (Å²) in [6, 6.07) is 5.89. The van der Waals surface area contributed by atoms with Crippen LogP contribution in [0, 0.1) is 0 Å². The Morgan fingerprint density at radius 3 is 3.09 bits per heavy atom. The Kier molecular flexibility index (Phi) is 3.18. The van der Waals surface area contributed by atoms with Crippen molar-refractivity contribution in [3.8, 4) is 0 Å². The van der Waals surface area contributed by atoms with Crippen molar-refractivity contribution in [2.75, 3.05) is 13.2 Å². The molecule has 116 valence electrons. The minimum atomic E-state index is -0.232. The molecule has 1 amide bonds. The Labute approximate surface area is 129 Å². The van der Waals surface area contributed by atoms with E-state index in [4.69, 9.17) is 4.74 Å². The van der Waals surface area contributed by atoms with E-state index in [-0.39, 0.29) is 11.5 Å². The number of rotatable bonds is 4. The minimum absolute atomic E-state index is 0.104. The highest BCUT2D eigenvalue weighted by Crippen LogP contribution is 2.40. The molecule has 2 aromatic heterocycles. The van der Waals surface area contributed by atoms with Gasteiger partial charge in [-0.3, -0.25) is 4.79 Å². The third-order valence-electron chi connectivity index (χ3n) is 4.66. The van der Waals surface area contributed by atoms with Gasteiger partial charge in [-0.25, -0.2) is 4.98 Å². The number of hydrogen-bond donors (Lipinski definition) is 1. The number of pyridine rings is 1. The summed E-state index contributed by atoms with van der Waals surface area (Å²) < 4.78 is 7.78. The Morgan fingerprint density at radius 2 is 2.36 bits per heavy atom. The summed E-state index contributed by atoms with van der Waals surface area (Å²) in [4.78, 5) is 17.2. The van der Waals surface area contributed by atoms with E-state index < -0.39 is 0 Å². The van der Waals surface area contributed by atoms with E-state index in [9.17, 15) is 4.79 Å². The van der Waals surface area contributed by atoms with Crippen LogP contribution in [0.3, 0.4) is 0 Å². The van der Waals surface area contributed by atoms with Crippen molar-refractivity contribution >= 4 is 11.4 Å². The summed E-state index contributed by atoms with van der Waals surface area (Å²) in [6.07, 6.45) is 6.38. The number of aromatic nitrogens is 2. The van der Waals surface area contributed by atoms with E-state index in [1.807, 2.05) is 24.4 Å². The van der Waals surface area contributed by atoms with E-state index in [1.54, 1.807) is 0 Å². The van der Waals surface area contributed by atoms with Gasteiger partial charge < -0.3 is 14.5 Å². The Hall–Kier alpha value is -1.88. The molecule has 5 nitrogen and oxygen atoms in total. The summed E-state index contributed by atoms with van der Waals surface area (Å²) in [6.45, 7) is 3.38. The molecule has 2 aliphatic rings. The van der Waals surface area contributed by atoms with Crippen LogP contribution < -0.4 is 5.32 Å². The molecule has 2 fully saturated rings. The van der Waals surface area contributed by atoms with Gasteiger partial charge in [-0.2, -0.15) is 0 Å². The fourth-order valence-electron chi connectivity index (χ4n) is 3.19. The van der Waals surface area contributed by atoms with E-state index in [0.717, 1.165) is 30.8 Å². The Morgan fingerprint density at radius 1 is 1.50 bits per heavy atom. The largest absolute Gasteiger partial charge is 0.373 e. The molecule has 0 bridgehead atoms. The van der Waals surface area contributed by atoms with Gasteiger partial charge in [0.2, 0.25) is 0 Å². The van der Waals surface area contributed by atoms with E-state index in [2.05, 4.69) is 21.6 Å². The lowest BCUT2D eigenvalue weighted by Gasteiger charge is -2.23. The second kappa shape index (κ2) is 5.09. The number of hydrogen-bond acceptors (Lipinski definition) is 3. The predicted octanol–water partition coefficient (Wildman–Crippen LogP) is 2.51. The van der Waals surface area contributed by atoms with Crippen LogP contribution in [0.2, 0.25) is 0 Å². The van der Waals surface area contributed by atoms with Gasteiger partial charge in [0.1, 0.15) is 5.82 Å². The van der Waals surface area contributed by atoms with Gasteiger partial charge in [-0.1, -0.05) is 6.07 Å². The maximum absolute atomic E-state index is 12.6. The fourth-order valence-corrected chi connectivity index (χ4v) is 3.19. The average molecular weight is 299 g/mol. The van der Waals surface area contributed by atoms with Crippen LogP contribution in [0.25, 0.3) is 5.52 Å². The Bertz CT molecular complexity index is 712. The SMILES string of the molecule is CC1(CNC(=O)c2nc(C3CC3)n3ccccc23)CCCO1. The monoisotopic (exact) mass is 299 g/mol. The first-order valence-electron chi connectivity index (χ1n) is 8.05. The number of carbonyl (C=O) groups excluding carboxylic acids is 1.